The summed E-state index contributed by atoms with van der Waals surface area (Å²) in [6.07, 6.45) is 6.79. The SMILES string of the molecule is CCC1=CC(C)C(O)C=C1. The van der Waals surface area contributed by atoms with E-state index in [4.69, 9.17) is 0 Å². The number of rotatable bonds is 1. The maximum absolute atomic E-state index is 9.26. The second kappa shape index (κ2) is 3.02. The van der Waals surface area contributed by atoms with Crippen molar-refractivity contribution in [1.82, 2.24) is 0 Å². The lowest BCUT2D eigenvalue weighted by atomic mass is 9.94. The van der Waals surface area contributed by atoms with Gasteiger partial charge in [-0.3, -0.25) is 0 Å². The van der Waals surface area contributed by atoms with Gasteiger partial charge in [0.15, 0.2) is 0 Å². The van der Waals surface area contributed by atoms with Crippen molar-refractivity contribution in [3.05, 3.63) is 23.8 Å². The summed E-state index contributed by atoms with van der Waals surface area (Å²) in [5, 5.41) is 9.26. The van der Waals surface area contributed by atoms with Crippen molar-refractivity contribution < 1.29 is 5.11 Å². The van der Waals surface area contributed by atoms with Crippen LogP contribution in [0, 0.1) is 5.92 Å². The molecule has 2 unspecified atom stereocenters. The van der Waals surface area contributed by atoms with Crippen molar-refractivity contribution in [2.75, 3.05) is 0 Å². The fraction of sp³-hybridized carbons (Fsp3) is 0.556. The molecule has 0 aromatic heterocycles. The Labute approximate surface area is 62.1 Å². The fourth-order valence-electron chi connectivity index (χ4n) is 1.12. The molecule has 10 heavy (non-hydrogen) atoms. The predicted molar refractivity (Wildman–Crippen MR) is 42.7 cm³/mol. The Hall–Kier alpha value is -0.560. The second-order valence-corrected chi connectivity index (χ2v) is 2.80. The molecule has 0 radical (unpaired) electrons. The largest absolute Gasteiger partial charge is 0.388 e. The van der Waals surface area contributed by atoms with Gasteiger partial charge in [0.05, 0.1) is 6.10 Å². The summed E-state index contributed by atoms with van der Waals surface area (Å²) in [6, 6.07) is 0. The molecule has 0 bridgehead atoms. The molecule has 0 fully saturated rings. The summed E-state index contributed by atoms with van der Waals surface area (Å²) in [4.78, 5) is 0. The molecule has 1 N–H and O–H groups in total. The van der Waals surface area contributed by atoms with Crippen LogP contribution < -0.4 is 0 Å². The molecule has 0 amide bonds. The molecule has 0 aromatic rings. The summed E-state index contributed by atoms with van der Waals surface area (Å²) in [6.45, 7) is 4.16. The van der Waals surface area contributed by atoms with Crippen LogP contribution in [-0.2, 0) is 0 Å². The third-order valence-corrected chi connectivity index (χ3v) is 1.93. The quantitative estimate of drug-likeness (QED) is 0.586. The molecule has 0 aromatic carbocycles. The first-order chi connectivity index (χ1) is 4.74. The van der Waals surface area contributed by atoms with E-state index in [0.717, 1.165) is 6.42 Å². The van der Waals surface area contributed by atoms with E-state index in [-0.39, 0.29) is 6.10 Å². The number of allylic oxidation sites excluding steroid dienone is 2. The smallest absolute Gasteiger partial charge is 0.0784 e. The molecule has 0 saturated heterocycles. The Balaban J connectivity index is 2.66. The number of aliphatic hydroxyl groups is 1. The second-order valence-electron chi connectivity index (χ2n) is 2.80. The third-order valence-electron chi connectivity index (χ3n) is 1.93. The van der Waals surface area contributed by atoms with Gasteiger partial charge in [-0.25, -0.2) is 0 Å². The average molecular weight is 138 g/mol. The van der Waals surface area contributed by atoms with Crippen molar-refractivity contribution in [1.29, 1.82) is 0 Å². The Bertz CT molecular complexity index is 168. The highest BCUT2D eigenvalue weighted by molar-refractivity contribution is 5.25. The standard InChI is InChI=1S/C9H14O/c1-3-8-4-5-9(10)7(2)6-8/h4-7,9-10H,3H2,1-2H3. The van der Waals surface area contributed by atoms with Gasteiger partial charge in [-0.1, -0.05) is 37.6 Å². The normalized spacial score (nSPS) is 32.1. The zero-order valence-electron chi connectivity index (χ0n) is 6.54. The van der Waals surface area contributed by atoms with Crippen LogP contribution in [0.1, 0.15) is 20.3 Å². The van der Waals surface area contributed by atoms with E-state index in [1.165, 1.54) is 5.57 Å². The molecule has 56 valence electrons. The lowest BCUT2D eigenvalue weighted by Crippen LogP contribution is -2.15. The molecule has 1 nitrogen and oxygen atoms in total. The van der Waals surface area contributed by atoms with E-state index in [2.05, 4.69) is 13.0 Å². The van der Waals surface area contributed by atoms with Crippen molar-refractivity contribution >= 4 is 0 Å². The highest BCUT2D eigenvalue weighted by Crippen LogP contribution is 2.18. The summed E-state index contributed by atoms with van der Waals surface area (Å²) in [7, 11) is 0. The van der Waals surface area contributed by atoms with Gasteiger partial charge < -0.3 is 5.11 Å². The van der Waals surface area contributed by atoms with E-state index >= 15 is 0 Å². The third kappa shape index (κ3) is 1.48. The van der Waals surface area contributed by atoms with E-state index in [0.29, 0.717) is 5.92 Å². The van der Waals surface area contributed by atoms with Crippen molar-refractivity contribution in [2.24, 2.45) is 5.92 Å². The minimum absolute atomic E-state index is 0.268. The number of aliphatic hydroxyl groups excluding tert-OH is 1. The van der Waals surface area contributed by atoms with E-state index in [1.54, 1.807) is 0 Å². The highest BCUT2D eigenvalue weighted by atomic mass is 16.3. The molecule has 1 aliphatic rings. The van der Waals surface area contributed by atoms with Crippen LogP contribution in [0.5, 0.6) is 0 Å². The molecular formula is C9H14O. The molecule has 0 aliphatic heterocycles. The minimum atomic E-state index is -0.268. The topological polar surface area (TPSA) is 20.2 Å². The highest BCUT2D eigenvalue weighted by Gasteiger charge is 2.11. The lowest BCUT2D eigenvalue weighted by molar-refractivity contribution is 0.183. The summed E-state index contributed by atoms with van der Waals surface area (Å²) >= 11 is 0. The predicted octanol–water partition coefficient (Wildman–Crippen LogP) is 1.89. The Morgan fingerprint density at radius 3 is 2.80 bits per heavy atom. The van der Waals surface area contributed by atoms with Crippen LogP contribution in [-0.4, -0.2) is 11.2 Å². The summed E-state index contributed by atoms with van der Waals surface area (Å²) < 4.78 is 0. The molecule has 0 heterocycles. The van der Waals surface area contributed by atoms with Crippen LogP contribution in [0.2, 0.25) is 0 Å². The molecule has 2 atom stereocenters. The maximum atomic E-state index is 9.26. The lowest BCUT2D eigenvalue weighted by Gasteiger charge is -2.16. The number of hydrogen-bond acceptors (Lipinski definition) is 1. The molecule has 0 saturated carbocycles. The first kappa shape index (κ1) is 7.55. The van der Waals surface area contributed by atoms with Gasteiger partial charge >= 0.3 is 0 Å². The van der Waals surface area contributed by atoms with Crippen LogP contribution in [0.3, 0.4) is 0 Å². The summed E-state index contributed by atoms with van der Waals surface area (Å²) in [5.41, 5.74) is 1.33. The minimum Gasteiger partial charge on any atom is -0.388 e. The van der Waals surface area contributed by atoms with Gasteiger partial charge in [0.1, 0.15) is 0 Å². The molecule has 1 aliphatic carbocycles. The first-order valence-electron chi connectivity index (χ1n) is 3.81. The van der Waals surface area contributed by atoms with Crippen molar-refractivity contribution in [2.45, 2.75) is 26.4 Å². The van der Waals surface area contributed by atoms with E-state index in [9.17, 15) is 5.11 Å². The fourth-order valence-corrected chi connectivity index (χ4v) is 1.12. The molecular weight excluding hydrogens is 124 g/mol. The molecule has 1 rings (SSSR count). The van der Waals surface area contributed by atoms with Gasteiger partial charge in [-0.2, -0.15) is 0 Å². The van der Waals surface area contributed by atoms with E-state index < -0.39 is 0 Å². The maximum Gasteiger partial charge on any atom is 0.0784 e. The van der Waals surface area contributed by atoms with Crippen LogP contribution in [0.4, 0.5) is 0 Å². The zero-order valence-corrected chi connectivity index (χ0v) is 6.54. The van der Waals surface area contributed by atoms with Crippen molar-refractivity contribution in [3.8, 4) is 0 Å². The number of hydrogen-bond donors (Lipinski definition) is 1. The van der Waals surface area contributed by atoms with Crippen LogP contribution in [0.25, 0.3) is 0 Å². The molecule has 0 spiro atoms. The Morgan fingerprint density at radius 1 is 1.60 bits per heavy atom. The van der Waals surface area contributed by atoms with Crippen LogP contribution in [0.15, 0.2) is 23.8 Å². The Kier molecular flexibility index (Phi) is 2.28. The van der Waals surface area contributed by atoms with Crippen LogP contribution >= 0.6 is 0 Å². The van der Waals surface area contributed by atoms with Gasteiger partial charge in [0.2, 0.25) is 0 Å². The van der Waals surface area contributed by atoms with E-state index in [1.807, 2.05) is 19.1 Å². The van der Waals surface area contributed by atoms with Gasteiger partial charge in [0, 0.05) is 5.92 Å². The van der Waals surface area contributed by atoms with Gasteiger partial charge in [0.25, 0.3) is 0 Å². The monoisotopic (exact) mass is 138 g/mol. The van der Waals surface area contributed by atoms with Gasteiger partial charge in [-0.05, 0) is 6.42 Å². The Morgan fingerprint density at radius 2 is 2.30 bits per heavy atom. The zero-order chi connectivity index (χ0) is 7.56. The van der Waals surface area contributed by atoms with Gasteiger partial charge in [-0.15, -0.1) is 0 Å². The average Bonchev–Trinajstić information content (AvgIpc) is 1.95. The van der Waals surface area contributed by atoms with Crippen molar-refractivity contribution in [3.63, 3.8) is 0 Å². The first-order valence-corrected chi connectivity index (χ1v) is 3.81. The summed E-state index contributed by atoms with van der Waals surface area (Å²) in [5.74, 6) is 0.292. The molecule has 1 heteroatoms.